The van der Waals surface area contributed by atoms with Crippen molar-refractivity contribution in [2.45, 2.75) is 25.7 Å². The summed E-state index contributed by atoms with van der Waals surface area (Å²) in [6, 6.07) is 3.65. The van der Waals surface area contributed by atoms with Crippen molar-refractivity contribution in [1.82, 2.24) is 0 Å². The highest BCUT2D eigenvalue weighted by Crippen LogP contribution is 2.36. The van der Waals surface area contributed by atoms with E-state index < -0.39 is 13.0 Å². The van der Waals surface area contributed by atoms with Gasteiger partial charge in [-0.3, -0.25) is 10.1 Å². The number of nitrogen functional groups attached to an aromatic ring is 1. The minimum atomic E-state index is -1.13. The Labute approximate surface area is 125 Å². The first-order valence-corrected chi connectivity index (χ1v) is 10.3. The van der Waals surface area contributed by atoms with Crippen molar-refractivity contribution in [3.05, 3.63) is 22.2 Å². The van der Waals surface area contributed by atoms with Crippen LogP contribution in [0.1, 0.15) is 0 Å². The normalized spacial score (nSPS) is 11.2. The molecule has 8 heteroatoms. The van der Waals surface area contributed by atoms with E-state index in [-0.39, 0.29) is 23.9 Å². The second-order valence-corrected chi connectivity index (χ2v) is 11.4. The predicted molar refractivity (Wildman–Crippen MR) is 83.7 cm³/mol. The van der Waals surface area contributed by atoms with E-state index in [1.807, 2.05) is 0 Å². The quantitative estimate of drug-likeness (QED) is 0.198. The average molecular weight is 314 g/mol. The largest absolute Gasteiger partial charge is 0.493 e. The van der Waals surface area contributed by atoms with E-state index in [0.29, 0.717) is 12.4 Å². The summed E-state index contributed by atoms with van der Waals surface area (Å²) in [7, 11) is 0.277. The summed E-state index contributed by atoms with van der Waals surface area (Å²) < 4.78 is 15.9. The van der Waals surface area contributed by atoms with Gasteiger partial charge >= 0.3 is 0 Å². The molecule has 21 heavy (non-hydrogen) atoms. The topological polar surface area (TPSA) is 96.9 Å². The lowest BCUT2D eigenvalue weighted by Gasteiger charge is -2.16. The van der Waals surface area contributed by atoms with Gasteiger partial charge in [-0.25, -0.2) is 0 Å². The van der Waals surface area contributed by atoms with Crippen molar-refractivity contribution >= 4 is 19.4 Å². The van der Waals surface area contributed by atoms with Crippen LogP contribution in [-0.4, -0.2) is 33.5 Å². The van der Waals surface area contributed by atoms with Gasteiger partial charge in [0.15, 0.2) is 18.3 Å². The third-order valence-corrected chi connectivity index (χ3v) is 4.51. The molecule has 1 rings (SSSR count). The molecule has 1 aromatic carbocycles. The van der Waals surface area contributed by atoms with Gasteiger partial charge < -0.3 is 19.9 Å². The van der Waals surface area contributed by atoms with Gasteiger partial charge in [0.2, 0.25) is 0 Å². The first-order valence-electron chi connectivity index (χ1n) is 6.57. The summed E-state index contributed by atoms with van der Waals surface area (Å²) >= 11 is 0. The van der Waals surface area contributed by atoms with E-state index in [1.54, 1.807) is 0 Å². The van der Waals surface area contributed by atoms with Crippen molar-refractivity contribution in [2.24, 2.45) is 0 Å². The van der Waals surface area contributed by atoms with E-state index in [2.05, 4.69) is 19.6 Å². The van der Waals surface area contributed by atoms with E-state index >= 15 is 0 Å². The second kappa shape index (κ2) is 7.28. The van der Waals surface area contributed by atoms with Crippen molar-refractivity contribution in [2.75, 3.05) is 26.2 Å². The third-order valence-electron chi connectivity index (χ3n) is 2.80. The molecule has 0 aliphatic heterocycles. The van der Waals surface area contributed by atoms with Crippen molar-refractivity contribution in [3.8, 4) is 11.5 Å². The first kappa shape index (κ1) is 17.2. The lowest BCUT2D eigenvalue weighted by molar-refractivity contribution is -0.384. The van der Waals surface area contributed by atoms with Crippen LogP contribution < -0.4 is 15.2 Å². The van der Waals surface area contributed by atoms with Crippen LogP contribution >= 0.6 is 0 Å². The zero-order valence-corrected chi connectivity index (χ0v) is 13.8. The Balaban J connectivity index is 2.63. The van der Waals surface area contributed by atoms with Crippen LogP contribution in [0.5, 0.6) is 11.5 Å². The monoisotopic (exact) mass is 314 g/mol. The Morgan fingerprint density at radius 1 is 1.29 bits per heavy atom. The highest BCUT2D eigenvalue weighted by molar-refractivity contribution is 6.76. The SMILES string of the molecule is COc1cc([N+](=O)[O-])c(N)cc1OCOCC[Si](C)(C)C. The van der Waals surface area contributed by atoms with Gasteiger partial charge in [0, 0.05) is 20.7 Å². The number of hydrogen-bond acceptors (Lipinski definition) is 6. The highest BCUT2D eigenvalue weighted by atomic mass is 28.3. The fraction of sp³-hybridized carbons (Fsp3) is 0.538. The number of rotatable bonds is 8. The van der Waals surface area contributed by atoms with Gasteiger partial charge in [-0.15, -0.1) is 0 Å². The van der Waals surface area contributed by atoms with Crippen LogP contribution in [0.25, 0.3) is 0 Å². The Morgan fingerprint density at radius 2 is 1.95 bits per heavy atom. The van der Waals surface area contributed by atoms with Crippen LogP contribution in [-0.2, 0) is 4.74 Å². The van der Waals surface area contributed by atoms with Gasteiger partial charge in [0.05, 0.1) is 18.1 Å². The van der Waals surface area contributed by atoms with Gasteiger partial charge in [0.1, 0.15) is 5.69 Å². The number of nitro benzene ring substituents is 1. The minimum absolute atomic E-state index is 0.0258. The fourth-order valence-corrected chi connectivity index (χ4v) is 2.29. The summed E-state index contributed by atoms with van der Waals surface area (Å²) in [6.45, 7) is 7.46. The highest BCUT2D eigenvalue weighted by Gasteiger charge is 2.18. The van der Waals surface area contributed by atoms with E-state index in [4.69, 9.17) is 19.9 Å². The molecule has 0 fully saturated rings. The molecule has 0 saturated heterocycles. The van der Waals surface area contributed by atoms with Gasteiger partial charge in [0.25, 0.3) is 5.69 Å². The van der Waals surface area contributed by atoms with Gasteiger partial charge in [-0.2, -0.15) is 0 Å². The first-order chi connectivity index (χ1) is 9.74. The lowest BCUT2D eigenvalue weighted by Crippen LogP contribution is -2.22. The zero-order valence-electron chi connectivity index (χ0n) is 12.8. The third kappa shape index (κ3) is 5.60. The summed E-state index contributed by atoms with van der Waals surface area (Å²) in [5, 5.41) is 10.8. The molecule has 1 aromatic rings. The molecule has 0 spiro atoms. The molecule has 7 nitrogen and oxygen atoms in total. The van der Waals surface area contributed by atoms with Crippen LogP contribution in [0.15, 0.2) is 12.1 Å². The summed E-state index contributed by atoms with van der Waals surface area (Å²) in [6.07, 6.45) is 0. The van der Waals surface area contributed by atoms with E-state index in [0.717, 1.165) is 6.04 Å². The van der Waals surface area contributed by atoms with Crippen molar-refractivity contribution in [1.29, 1.82) is 0 Å². The molecule has 0 aliphatic rings. The fourth-order valence-electron chi connectivity index (χ4n) is 1.54. The van der Waals surface area contributed by atoms with Crippen LogP contribution in [0.2, 0.25) is 25.7 Å². The predicted octanol–water partition coefficient (Wildman–Crippen LogP) is 2.88. The van der Waals surface area contributed by atoms with Crippen LogP contribution in [0.3, 0.4) is 0 Å². The van der Waals surface area contributed by atoms with Crippen LogP contribution in [0, 0.1) is 10.1 Å². The van der Waals surface area contributed by atoms with Crippen LogP contribution in [0.4, 0.5) is 11.4 Å². The number of ether oxygens (including phenoxy) is 3. The molecule has 0 unspecified atom stereocenters. The number of nitro groups is 1. The number of anilines is 1. The lowest BCUT2D eigenvalue weighted by atomic mass is 10.2. The van der Waals surface area contributed by atoms with E-state index in [1.165, 1.54) is 19.2 Å². The molecule has 118 valence electrons. The zero-order chi connectivity index (χ0) is 16.0. The molecular weight excluding hydrogens is 292 g/mol. The number of methoxy groups -OCH3 is 1. The molecule has 0 radical (unpaired) electrons. The Bertz CT molecular complexity index is 502. The molecule has 0 atom stereocenters. The second-order valence-electron chi connectivity index (χ2n) is 5.80. The average Bonchev–Trinajstić information content (AvgIpc) is 2.36. The Hall–Kier alpha value is -1.80. The molecule has 0 amide bonds. The number of nitrogens with two attached hydrogens (primary N) is 1. The minimum Gasteiger partial charge on any atom is -0.493 e. The molecule has 2 N–H and O–H groups in total. The standard InChI is InChI=1S/C13H22N2O5Si/c1-18-12-8-11(15(16)17)10(14)7-13(12)20-9-19-5-6-21(2,3)4/h7-8H,5-6,9,14H2,1-4H3. The Kier molecular flexibility index (Phi) is 5.98. The maximum Gasteiger partial charge on any atom is 0.296 e. The summed E-state index contributed by atoms with van der Waals surface area (Å²) in [5.74, 6) is 0.582. The Morgan fingerprint density at radius 3 is 2.48 bits per heavy atom. The molecule has 0 heterocycles. The number of nitrogens with zero attached hydrogens (tertiary/aromatic N) is 1. The van der Waals surface area contributed by atoms with Crippen molar-refractivity contribution in [3.63, 3.8) is 0 Å². The van der Waals surface area contributed by atoms with Gasteiger partial charge in [-0.05, 0) is 6.04 Å². The molecule has 0 aromatic heterocycles. The number of benzene rings is 1. The molecule has 0 aliphatic carbocycles. The molecular formula is C13H22N2O5Si. The smallest absolute Gasteiger partial charge is 0.296 e. The molecule has 0 bridgehead atoms. The number of hydrogen-bond donors (Lipinski definition) is 1. The maximum absolute atomic E-state index is 10.8. The summed E-state index contributed by atoms with van der Waals surface area (Å²) in [4.78, 5) is 10.2. The van der Waals surface area contributed by atoms with Crippen molar-refractivity contribution < 1.29 is 19.1 Å². The van der Waals surface area contributed by atoms with E-state index in [9.17, 15) is 10.1 Å². The maximum atomic E-state index is 10.8. The molecule has 0 saturated carbocycles. The summed E-state index contributed by atoms with van der Waals surface area (Å²) in [5.41, 5.74) is 5.44. The van der Waals surface area contributed by atoms with Gasteiger partial charge in [-0.1, -0.05) is 19.6 Å².